The molecule has 3 nitrogen and oxygen atoms in total. The summed E-state index contributed by atoms with van der Waals surface area (Å²) in [6, 6.07) is 12.8. The summed E-state index contributed by atoms with van der Waals surface area (Å²) < 4.78 is 5.30. The third-order valence-electron chi connectivity index (χ3n) is 3.34. The summed E-state index contributed by atoms with van der Waals surface area (Å²) in [5, 5.41) is 0. The minimum Gasteiger partial charge on any atom is -0.496 e. The molecule has 0 unspecified atom stereocenters. The number of benzene rings is 2. The maximum atomic E-state index is 12.7. The maximum absolute atomic E-state index is 12.7. The van der Waals surface area contributed by atoms with Gasteiger partial charge >= 0.3 is 0 Å². The van der Waals surface area contributed by atoms with Gasteiger partial charge in [-0.25, -0.2) is 0 Å². The molecule has 0 radical (unpaired) electrons. The molecule has 0 aromatic heterocycles. The number of hydrogen-bond acceptors (Lipinski definition) is 3. The molecule has 0 bridgehead atoms. The van der Waals surface area contributed by atoms with Crippen LogP contribution in [-0.2, 0) is 0 Å². The highest BCUT2D eigenvalue weighted by Crippen LogP contribution is 2.27. The number of nitrogen functional groups attached to an aromatic ring is 1. The first-order valence-corrected chi connectivity index (χ1v) is 6.61. The van der Waals surface area contributed by atoms with Crippen LogP contribution in [0.3, 0.4) is 0 Å². The van der Waals surface area contributed by atoms with Gasteiger partial charge in [0.1, 0.15) is 5.75 Å². The van der Waals surface area contributed by atoms with Crippen molar-refractivity contribution in [2.45, 2.75) is 19.8 Å². The number of rotatable bonds is 4. The largest absolute Gasteiger partial charge is 0.496 e. The molecule has 0 amide bonds. The van der Waals surface area contributed by atoms with Gasteiger partial charge in [-0.15, -0.1) is 0 Å². The number of ether oxygens (including phenoxy) is 1. The number of anilines is 1. The van der Waals surface area contributed by atoms with Gasteiger partial charge in [0.2, 0.25) is 0 Å². The van der Waals surface area contributed by atoms with Crippen molar-refractivity contribution in [3.8, 4) is 5.75 Å². The molecule has 3 heteroatoms. The van der Waals surface area contributed by atoms with E-state index in [4.69, 9.17) is 10.5 Å². The lowest BCUT2D eigenvalue weighted by atomic mass is 9.95. The fourth-order valence-electron chi connectivity index (χ4n) is 2.11. The van der Waals surface area contributed by atoms with Crippen LogP contribution in [-0.4, -0.2) is 12.9 Å². The second-order valence-corrected chi connectivity index (χ2v) is 5.03. The maximum Gasteiger partial charge on any atom is 0.198 e. The average Bonchev–Trinajstić information content (AvgIpc) is 2.46. The summed E-state index contributed by atoms with van der Waals surface area (Å²) in [7, 11) is 1.56. The Morgan fingerprint density at radius 3 is 2.40 bits per heavy atom. The van der Waals surface area contributed by atoms with Crippen molar-refractivity contribution in [3.05, 3.63) is 59.2 Å². The summed E-state index contributed by atoms with van der Waals surface area (Å²) in [4.78, 5) is 12.7. The minimum atomic E-state index is -0.109. The van der Waals surface area contributed by atoms with E-state index in [-0.39, 0.29) is 5.78 Å². The van der Waals surface area contributed by atoms with E-state index in [9.17, 15) is 4.79 Å². The van der Waals surface area contributed by atoms with Crippen LogP contribution in [0.25, 0.3) is 0 Å². The lowest BCUT2D eigenvalue weighted by molar-refractivity contribution is 0.103. The molecule has 2 aromatic carbocycles. The predicted octanol–water partition coefficient (Wildman–Crippen LogP) is 3.63. The lowest BCUT2D eigenvalue weighted by Gasteiger charge is -2.13. The van der Waals surface area contributed by atoms with Crippen molar-refractivity contribution in [2.75, 3.05) is 12.8 Å². The van der Waals surface area contributed by atoms with Gasteiger partial charge in [-0.2, -0.15) is 0 Å². The number of carbonyl (C=O) groups is 1. The lowest BCUT2D eigenvalue weighted by Crippen LogP contribution is -2.08. The Labute approximate surface area is 119 Å². The van der Waals surface area contributed by atoms with Crippen molar-refractivity contribution >= 4 is 11.5 Å². The normalized spacial score (nSPS) is 10.6. The van der Waals surface area contributed by atoms with Gasteiger partial charge in [0, 0.05) is 11.3 Å². The van der Waals surface area contributed by atoms with E-state index in [1.54, 1.807) is 19.2 Å². The van der Waals surface area contributed by atoms with Crippen LogP contribution in [0, 0.1) is 0 Å². The van der Waals surface area contributed by atoms with Gasteiger partial charge in [-0.1, -0.05) is 32.0 Å². The molecule has 2 N–H and O–H groups in total. The summed E-state index contributed by atoms with van der Waals surface area (Å²) in [6.45, 7) is 4.18. The van der Waals surface area contributed by atoms with Gasteiger partial charge in [-0.05, 0) is 35.7 Å². The molecule has 0 saturated heterocycles. The zero-order valence-electron chi connectivity index (χ0n) is 12.0. The zero-order valence-corrected chi connectivity index (χ0v) is 12.0. The Morgan fingerprint density at radius 2 is 1.80 bits per heavy atom. The first kappa shape index (κ1) is 14.1. The van der Waals surface area contributed by atoms with E-state index in [2.05, 4.69) is 13.8 Å². The van der Waals surface area contributed by atoms with Crippen LogP contribution in [0.1, 0.15) is 41.3 Å². The quantitative estimate of drug-likeness (QED) is 0.681. The molecular formula is C17H19NO2. The van der Waals surface area contributed by atoms with E-state index in [1.165, 1.54) is 0 Å². The van der Waals surface area contributed by atoms with Crippen molar-refractivity contribution in [1.82, 2.24) is 0 Å². The molecule has 2 aromatic rings. The van der Waals surface area contributed by atoms with Crippen molar-refractivity contribution < 1.29 is 9.53 Å². The first-order valence-electron chi connectivity index (χ1n) is 6.61. The molecule has 0 aliphatic carbocycles. The number of methoxy groups -OCH3 is 1. The van der Waals surface area contributed by atoms with Crippen LogP contribution >= 0.6 is 0 Å². The number of para-hydroxylation sites is 1. The summed E-state index contributed by atoms with van der Waals surface area (Å²) in [6.07, 6.45) is 0. The zero-order chi connectivity index (χ0) is 14.7. The second kappa shape index (κ2) is 5.78. The standard InChI is InChI=1S/C17H19NO2/c1-11(2)12-8-9-16(20-3)14(10-12)17(19)13-6-4-5-7-15(13)18/h4-11H,18H2,1-3H3. The fourth-order valence-corrected chi connectivity index (χ4v) is 2.11. The van der Waals surface area contributed by atoms with Gasteiger partial charge in [0.25, 0.3) is 0 Å². The van der Waals surface area contributed by atoms with Gasteiger partial charge in [0.05, 0.1) is 12.7 Å². The van der Waals surface area contributed by atoms with Crippen LogP contribution in [0.5, 0.6) is 5.75 Å². The molecule has 20 heavy (non-hydrogen) atoms. The molecule has 0 aliphatic rings. The highest BCUT2D eigenvalue weighted by molar-refractivity contribution is 6.13. The van der Waals surface area contributed by atoms with Crippen LogP contribution in [0.15, 0.2) is 42.5 Å². The Kier molecular flexibility index (Phi) is 4.08. The Bertz CT molecular complexity index is 633. The SMILES string of the molecule is COc1ccc(C(C)C)cc1C(=O)c1ccccc1N. The van der Waals surface area contributed by atoms with Crippen molar-refractivity contribution in [1.29, 1.82) is 0 Å². The molecule has 0 saturated carbocycles. The molecule has 104 valence electrons. The Balaban J connectivity index is 2.53. The third kappa shape index (κ3) is 2.67. The first-order chi connectivity index (χ1) is 9.54. The van der Waals surface area contributed by atoms with E-state index in [0.29, 0.717) is 28.5 Å². The number of carbonyl (C=O) groups excluding carboxylic acids is 1. The molecule has 0 atom stereocenters. The smallest absolute Gasteiger partial charge is 0.198 e. The molecule has 0 spiro atoms. The summed E-state index contributed by atoms with van der Waals surface area (Å²) in [5.74, 6) is 0.811. The van der Waals surface area contributed by atoms with Gasteiger partial charge in [-0.3, -0.25) is 4.79 Å². The van der Waals surface area contributed by atoms with Crippen molar-refractivity contribution in [3.63, 3.8) is 0 Å². The topological polar surface area (TPSA) is 52.3 Å². The number of ketones is 1. The molecular weight excluding hydrogens is 250 g/mol. The third-order valence-corrected chi connectivity index (χ3v) is 3.34. The van der Waals surface area contributed by atoms with Crippen LogP contribution in [0.2, 0.25) is 0 Å². The minimum absolute atomic E-state index is 0.109. The van der Waals surface area contributed by atoms with E-state index in [0.717, 1.165) is 5.56 Å². The fraction of sp³-hybridized carbons (Fsp3) is 0.235. The Hall–Kier alpha value is -2.29. The van der Waals surface area contributed by atoms with Crippen molar-refractivity contribution in [2.24, 2.45) is 0 Å². The van der Waals surface area contributed by atoms with E-state index in [1.807, 2.05) is 30.3 Å². The monoisotopic (exact) mass is 269 g/mol. The van der Waals surface area contributed by atoms with Gasteiger partial charge in [0.15, 0.2) is 5.78 Å². The second-order valence-electron chi connectivity index (χ2n) is 5.03. The molecule has 0 fully saturated rings. The molecule has 0 heterocycles. The number of hydrogen-bond donors (Lipinski definition) is 1. The van der Waals surface area contributed by atoms with Crippen LogP contribution in [0.4, 0.5) is 5.69 Å². The Morgan fingerprint density at radius 1 is 1.10 bits per heavy atom. The summed E-state index contributed by atoms with van der Waals surface area (Å²) >= 11 is 0. The predicted molar refractivity (Wildman–Crippen MR) is 81.4 cm³/mol. The summed E-state index contributed by atoms with van der Waals surface area (Å²) in [5.41, 5.74) is 8.53. The number of nitrogens with two attached hydrogens (primary N) is 1. The highest BCUT2D eigenvalue weighted by Gasteiger charge is 2.17. The average molecular weight is 269 g/mol. The highest BCUT2D eigenvalue weighted by atomic mass is 16.5. The van der Waals surface area contributed by atoms with E-state index >= 15 is 0 Å². The molecule has 2 rings (SSSR count). The van der Waals surface area contributed by atoms with Gasteiger partial charge < -0.3 is 10.5 Å². The van der Waals surface area contributed by atoms with Crippen LogP contribution < -0.4 is 10.5 Å². The molecule has 0 aliphatic heterocycles. The van der Waals surface area contributed by atoms with E-state index < -0.39 is 0 Å².